The molecule has 18 heavy (non-hydrogen) atoms. The van der Waals surface area contributed by atoms with Gasteiger partial charge in [0, 0.05) is 4.90 Å². The quantitative estimate of drug-likeness (QED) is 0.480. The third-order valence-corrected chi connectivity index (χ3v) is 2.79. The maximum Gasteiger partial charge on any atom is 0.573 e. The van der Waals surface area contributed by atoms with Gasteiger partial charge in [-0.1, -0.05) is 0 Å². The van der Waals surface area contributed by atoms with E-state index in [4.69, 9.17) is 5.73 Å². The van der Waals surface area contributed by atoms with E-state index in [-0.39, 0.29) is 9.37 Å². The molecule has 1 aromatic carbocycles. The number of benzene rings is 1. The highest BCUT2D eigenvalue weighted by Gasteiger charge is 2.34. The summed E-state index contributed by atoms with van der Waals surface area (Å²) in [6.45, 7) is 0. The van der Waals surface area contributed by atoms with Crippen molar-refractivity contribution in [2.45, 2.75) is 16.8 Å². The summed E-state index contributed by atoms with van der Waals surface area (Å²) in [5.74, 6) is -0.769. The highest BCUT2D eigenvalue weighted by Crippen LogP contribution is 2.43. The van der Waals surface area contributed by atoms with Crippen LogP contribution in [0.25, 0.3) is 0 Å². The third kappa shape index (κ3) is 4.84. The Morgan fingerprint density at radius 2 is 1.67 bits per heavy atom. The molecule has 0 aliphatic rings. The normalized spacial score (nSPS) is 12.6. The van der Waals surface area contributed by atoms with Gasteiger partial charge in [0.1, 0.15) is 0 Å². The summed E-state index contributed by atoms with van der Waals surface area (Å²) in [6.07, 6.45) is -4.98. The minimum atomic E-state index is -4.98. The van der Waals surface area contributed by atoms with Crippen molar-refractivity contribution >= 4 is 33.4 Å². The molecule has 0 atom stereocenters. The molecular weight excluding hydrogens is 352 g/mol. The van der Waals surface area contributed by atoms with Crippen LogP contribution >= 0.6 is 27.7 Å². The molecule has 2 nitrogen and oxygen atoms in total. The Bertz CT molecular complexity index is 423. The first-order valence-corrected chi connectivity index (χ1v) is 5.69. The number of hydrogen-bond acceptors (Lipinski definition) is 3. The lowest BCUT2D eigenvalue weighted by Crippen LogP contribution is -2.18. The topological polar surface area (TPSA) is 35.2 Å². The summed E-state index contributed by atoms with van der Waals surface area (Å²) in [5.41, 5.74) is 0.108. The predicted octanol–water partition coefficient (Wildman–Crippen LogP) is 4.54. The maximum absolute atomic E-state index is 12.1. The zero-order chi connectivity index (χ0) is 14.1. The van der Waals surface area contributed by atoms with Gasteiger partial charge in [-0.2, -0.15) is 13.2 Å². The molecule has 0 unspecified atom stereocenters. The van der Waals surface area contributed by atoms with Crippen LogP contribution < -0.4 is 10.5 Å². The molecular formula is C8H4BrF6NOS. The van der Waals surface area contributed by atoms with Crippen LogP contribution in [0.5, 0.6) is 5.75 Å². The van der Waals surface area contributed by atoms with E-state index in [2.05, 4.69) is 20.7 Å². The smallest absolute Gasteiger partial charge is 0.402 e. The van der Waals surface area contributed by atoms with E-state index in [1.54, 1.807) is 0 Å². The molecule has 0 saturated heterocycles. The fourth-order valence-electron chi connectivity index (χ4n) is 1.00. The standard InChI is InChI=1S/C8H4BrF6NOS/c9-4-1-3(18-8(13,14)15)2-5(16)6(4)17-7(10,11)12/h1-2H,16H2. The molecule has 0 bridgehead atoms. The molecule has 1 rings (SSSR count). The van der Waals surface area contributed by atoms with Gasteiger partial charge in [-0.25, -0.2) is 0 Å². The minimum absolute atomic E-state index is 0.313. The second-order valence-electron chi connectivity index (χ2n) is 2.92. The zero-order valence-electron chi connectivity index (χ0n) is 8.19. The van der Waals surface area contributed by atoms with Gasteiger partial charge in [0.15, 0.2) is 5.75 Å². The van der Waals surface area contributed by atoms with E-state index >= 15 is 0 Å². The number of rotatable bonds is 2. The number of ether oxygens (including phenoxy) is 1. The monoisotopic (exact) mass is 355 g/mol. The first kappa shape index (κ1) is 15.3. The fraction of sp³-hybridized carbons (Fsp3) is 0.250. The highest BCUT2D eigenvalue weighted by atomic mass is 79.9. The Balaban J connectivity index is 3.05. The number of halogens is 7. The molecule has 0 fully saturated rings. The minimum Gasteiger partial charge on any atom is -0.402 e. The van der Waals surface area contributed by atoms with Crippen molar-refractivity contribution in [3.63, 3.8) is 0 Å². The van der Waals surface area contributed by atoms with E-state index in [0.29, 0.717) is 0 Å². The molecule has 0 radical (unpaired) electrons. The Kier molecular flexibility index (Phi) is 4.31. The van der Waals surface area contributed by atoms with Crippen molar-refractivity contribution in [1.29, 1.82) is 0 Å². The largest absolute Gasteiger partial charge is 0.573 e. The molecule has 0 saturated carbocycles. The molecule has 0 spiro atoms. The summed E-state index contributed by atoms with van der Waals surface area (Å²) >= 11 is 2.18. The second kappa shape index (κ2) is 5.08. The second-order valence-corrected chi connectivity index (χ2v) is 4.91. The zero-order valence-corrected chi connectivity index (χ0v) is 10.6. The molecule has 102 valence electrons. The summed E-state index contributed by atoms with van der Waals surface area (Å²) in [7, 11) is 0. The van der Waals surface area contributed by atoms with Gasteiger partial charge in [-0.15, -0.1) is 13.2 Å². The van der Waals surface area contributed by atoms with Gasteiger partial charge in [0.25, 0.3) is 0 Å². The Hall–Kier alpha value is -0.770. The van der Waals surface area contributed by atoms with Gasteiger partial charge in [-0.3, -0.25) is 0 Å². The molecule has 0 amide bonds. The SMILES string of the molecule is Nc1cc(SC(F)(F)F)cc(Br)c1OC(F)(F)F. The van der Waals surface area contributed by atoms with Crippen LogP contribution in [0.3, 0.4) is 0 Å². The van der Waals surface area contributed by atoms with Crippen LogP contribution in [0.4, 0.5) is 32.0 Å². The molecule has 1 aromatic rings. The number of anilines is 1. The van der Waals surface area contributed by atoms with Crippen LogP contribution in [0.15, 0.2) is 21.5 Å². The van der Waals surface area contributed by atoms with Gasteiger partial charge in [0.05, 0.1) is 10.2 Å². The Morgan fingerprint density at radius 1 is 1.11 bits per heavy atom. The Labute approximate surface area is 110 Å². The number of nitrogen functional groups attached to an aromatic ring is 1. The molecule has 10 heteroatoms. The van der Waals surface area contributed by atoms with Gasteiger partial charge < -0.3 is 10.5 Å². The molecule has 0 aromatic heterocycles. The van der Waals surface area contributed by atoms with Gasteiger partial charge in [0.2, 0.25) is 0 Å². The van der Waals surface area contributed by atoms with Crippen LogP contribution in [-0.4, -0.2) is 11.9 Å². The summed E-state index contributed by atoms with van der Waals surface area (Å²) in [4.78, 5) is -0.346. The van der Waals surface area contributed by atoms with E-state index in [1.807, 2.05) is 0 Å². The van der Waals surface area contributed by atoms with Gasteiger partial charge in [-0.05, 0) is 39.8 Å². The van der Waals surface area contributed by atoms with Crippen molar-refractivity contribution in [3.8, 4) is 5.75 Å². The van der Waals surface area contributed by atoms with Crippen LogP contribution in [0.1, 0.15) is 0 Å². The van der Waals surface area contributed by atoms with E-state index in [1.165, 1.54) is 0 Å². The first-order chi connectivity index (χ1) is 7.98. The van der Waals surface area contributed by atoms with Crippen LogP contribution in [0, 0.1) is 0 Å². The number of nitrogens with two attached hydrogens (primary N) is 1. The van der Waals surface area contributed by atoms with Crippen LogP contribution in [-0.2, 0) is 0 Å². The number of hydrogen-bond donors (Lipinski definition) is 1. The molecule has 0 aliphatic carbocycles. The molecule has 2 N–H and O–H groups in total. The summed E-state index contributed by atoms with van der Waals surface area (Å²) in [5, 5.41) is 0. The predicted molar refractivity (Wildman–Crippen MR) is 57.1 cm³/mol. The van der Waals surface area contributed by atoms with Crippen molar-refractivity contribution in [3.05, 3.63) is 16.6 Å². The lowest BCUT2D eigenvalue weighted by molar-refractivity contribution is -0.274. The summed E-state index contributed by atoms with van der Waals surface area (Å²) in [6, 6.07) is 1.60. The highest BCUT2D eigenvalue weighted by molar-refractivity contribution is 9.10. The van der Waals surface area contributed by atoms with Gasteiger partial charge >= 0.3 is 11.9 Å². The molecule has 0 aliphatic heterocycles. The maximum atomic E-state index is 12.1. The molecule has 0 heterocycles. The first-order valence-electron chi connectivity index (χ1n) is 4.08. The van der Waals surface area contributed by atoms with Crippen molar-refractivity contribution in [2.24, 2.45) is 0 Å². The lowest BCUT2D eigenvalue weighted by atomic mass is 10.3. The van der Waals surface area contributed by atoms with Crippen molar-refractivity contribution in [2.75, 3.05) is 5.73 Å². The van der Waals surface area contributed by atoms with E-state index in [0.717, 1.165) is 12.1 Å². The Morgan fingerprint density at radius 3 is 2.06 bits per heavy atom. The third-order valence-electron chi connectivity index (χ3n) is 1.50. The number of thioether (sulfide) groups is 1. The van der Waals surface area contributed by atoms with Crippen LogP contribution in [0.2, 0.25) is 0 Å². The average Bonchev–Trinajstić information content (AvgIpc) is 2.07. The summed E-state index contributed by atoms with van der Waals surface area (Å²) < 4.78 is 75.5. The van der Waals surface area contributed by atoms with E-state index in [9.17, 15) is 26.3 Å². The van der Waals surface area contributed by atoms with E-state index < -0.39 is 35.1 Å². The average molecular weight is 356 g/mol. The van der Waals surface area contributed by atoms with Crippen molar-refractivity contribution in [1.82, 2.24) is 0 Å². The fourth-order valence-corrected chi connectivity index (χ4v) is 2.34. The number of alkyl halides is 6. The van der Waals surface area contributed by atoms with Crippen molar-refractivity contribution < 1.29 is 31.1 Å². The lowest BCUT2D eigenvalue weighted by Gasteiger charge is -2.14.